The molecule has 1 aromatic rings. The van der Waals surface area contributed by atoms with Crippen molar-refractivity contribution < 1.29 is 14.3 Å². The summed E-state index contributed by atoms with van der Waals surface area (Å²) in [5, 5.41) is 1.93. The van der Waals surface area contributed by atoms with E-state index in [9.17, 15) is 9.59 Å². The number of amides is 2. The molecule has 0 bridgehead atoms. The van der Waals surface area contributed by atoms with Crippen molar-refractivity contribution in [1.82, 2.24) is 9.80 Å². The van der Waals surface area contributed by atoms with Gasteiger partial charge < -0.3 is 14.5 Å². The minimum Gasteiger partial charge on any atom is -0.362 e. The Morgan fingerprint density at radius 1 is 1.39 bits per heavy atom. The maximum atomic E-state index is 12.5. The zero-order valence-corrected chi connectivity index (χ0v) is 14.8. The van der Waals surface area contributed by atoms with Crippen LogP contribution >= 0.6 is 11.3 Å². The van der Waals surface area contributed by atoms with Crippen LogP contribution < -0.4 is 0 Å². The number of ether oxygens (including phenoxy) is 1. The van der Waals surface area contributed by atoms with Gasteiger partial charge in [-0.25, -0.2) is 0 Å². The van der Waals surface area contributed by atoms with Crippen molar-refractivity contribution in [2.24, 2.45) is 5.92 Å². The Morgan fingerprint density at radius 3 is 2.78 bits per heavy atom. The van der Waals surface area contributed by atoms with Crippen molar-refractivity contribution in [1.29, 1.82) is 0 Å². The monoisotopic (exact) mass is 336 g/mol. The molecule has 2 amide bonds. The normalized spacial score (nSPS) is 30.7. The molecule has 2 aliphatic rings. The fourth-order valence-electron chi connectivity index (χ4n) is 3.68. The Morgan fingerprint density at radius 2 is 2.17 bits per heavy atom. The number of rotatable bonds is 2. The van der Waals surface area contributed by atoms with Crippen LogP contribution in [0.4, 0.5) is 0 Å². The zero-order valence-electron chi connectivity index (χ0n) is 13.9. The molecule has 5 nitrogen and oxygen atoms in total. The maximum absolute atomic E-state index is 12.5. The summed E-state index contributed by atoms with van der Waals surface area (Å²) in [6, 6.07) is 3.78. The van der Waals surface area contributed by atoms with Gasteiger partial charge in [-0.1, -0.05) is 13.0 Å². The average molecular weight is 336 g/mol. The Hall–Kier alpha value is -1.40. The second-order valence-electron chi connectivity index (χ2n) is 6.82. The standard InChI is InChI=1S/C17H24N2O3S/c1-12-11-19(16(21)14-5-4-10-23-14)9-8-17(12)7-6-13(22-17)15(20)18(2)3/h4-5,10,12-13H,6-9,11H2,1-3H3/t12-,13+,17+/m1/s1. The molecule has 0 radical (unpaired) electrons. The van der Waals surface area contributed by atoms with E-state index in [2.05, 4.69) is 6.92 Å². The summed E-state index contributed by atoms with van der Waals surface area (Å²) in [4.78, 5) is 29.0. The number of hydrogen-bond donors (Lipinski definition) is 0. The van der Waals surface area contributed by atoms with Crippen LogP contribution in [0.25, 0.3) is 0 Å². The first kappa shape index (κ1) is 16.5. The number of nitrogens with zero attached hydrogens (tertiary/aromatic N) is 2. The van der Waals surface area contributed by atoms with Gasteiger partial charge in [-0.2, -0.15) is 0 Å². The van der Waals surface area contributed by atoms with Crippen LogP contribution in [0.15, 0.2) is 17.5 Å². The second-order valence-corrected chi connectivity index (χ2v) is 7.77. The number of carbonyl (C=O) groups is 2. The summed E-state index contributed by atoms with van der Waals surface area (Å²) in [6.07, 6.45) is 2.16. The van der Waals surface area contributed by atoms with Crippen LogP contribution in [0.5, 0.6) is 0 Å². The van der Waals surface area contributed by atoms with Gasteiger partial charge in [0, 0.05) is 33.1 Å². The van der Waals surface area contributed by atoms with Gasteiger partial charge in [-0.05, 0) is 30.7 Å². The van der Waals surface area contributed by atoms with E-state index in [0.717, 1.165) is 24.1 Å². The van der Waals surface area contributed by atoms with Crippen LogP contribution in [0.1, 0.15) is 35.9 Å². The molecule has 6 heteroatoms. The predicted molar refractivity (Wildman–Crippen MR) is 89.5 cm³/mol. The molecular formula is C17H24N2O3S. The van der Waals surface area contributed by atoms with E-state index in [4.69, 9.17) is 4.74 Å². The number of carbonyl (C=O) groups excluding carboxylic acids is 2. The Balaban J connectivity index is 1.65. The predicted octanol–water partition coefficient (Wildman–Crippen LogP) is 2.24. The molecule has 3 heterocycles. The molecule has 0 aromatic carbocycles. The molecular weight excluding hydrogens is 312 g/mol. The van der Waals surface area contributed by atoms with Crippen molar-refractivity contribution in [3.8, 4) is 0 Å². The number of piperidine rings is 1. The maximum Gasteiger partial charge on any atom is 0.263 e. The van der Waals surface area contributed by atoms with Crippen molar-refractivity contribution in [3.63, 3.8) is 0 Å². The third-order valence-corrected chi connectivity index (χ3v) is 6.00. The number of hydrogen-bond acceptors (Lipinski definition) is 4. The smallest absolute Gasteiger partial charge is 0.263 e. The third kappa shape index (κ3) is 3.02. The van der Waals surface area contributed by atoms with Gasteiger partial charge in [0.15, 0.2) is 0 Å². The highest BCUT2D eigenvalue weighted by Gasteiger charge is 2.49. The van der Waals surface area contributed by atoms with Gasteiger partial charge in [-0.15, -0.1) is 11.3 Å². The van der Waals surface area contributed by atoms with Crippen molar-refractivity contribution in [3.05, 3.63) is 22.4 Å². The minimum atomic E-state index is -0.327. The molecule has 23 heavy (non-hydrogen) atoms. The SMILES string of the molecule is C[C@@H]1CN(C(=O)c2cccs2)CC[C@@]12CC[C@@H](C(=O)N(C)C)O2. The summed E-state index contributed by atoms with van der Waals surface area (Å²) >= 11 is 1.48. The number of likely N-dealkylation sites (tertiary alicyclic amines) is 1. The molecule has 0 unspecified atom stereocenters. The highest BCUT2D eigenvalue weighted by Crippen LogP contribution is 2.42. The van der Waals surface area contributed by atoms with E-state index < -0.39 is 0 Å². The zero-order chi connectivity index (χ0) is 16.6. The van der Waals surface area contributed by atoms with Gasteiger partial charge in [0.25, 0.3) is 11.8 Å². The van der Waals surface area contributed by atoms with Gasteiger partial charge in [0.2, 0.25) is 0 Å². The molecule has 2 saturated heterocycles. The second kappa shape index (κ2) is 6.24. The fraction of sp³-hybridized carbons (Fsp3) is 0.647. The quantitative estimate of drug-likeness (QED) is 0.832. The van der Waals surface area contributed by atoms with Crippen LogP contribution in [-0.4, -0.2) is 60.5 Å². The van der Waals surface area contributed by atoms with Crippen molar-refractivity contribution in [2.45, 2.75) is 37.9 Å². The largest absolute Gasteiger partial charge is 0.362 e. The van der Waals surface area contributed by atoms with Gasteiger partial charge in [-0.3, -0.25) is 9.59 Å². The van der Waals surface area contributed by atoms with Gasteiger partial charge >= 0.3 is 0 Å². The molecule has 2 aliphatic heterocycles. The van der Waals surface area contributed by atoms with E-state index in [1.807, 2.05) is 22.4 Å². The van der Waals surface area contributed by atoms with E-state index >= 15 is 0 Å². The van der Waals surface area contributed by atoms with E-state index in [0.29, 0.717) is 13.1 Å². The first-order valence-corrected chi connectivity index (χ1v) is 9.03. The molecule has 0 saturated carbocycles. The lowest BCUT2D eigenvalue weighted by Gasteiger charge is -2.44. The molecule has 1 aromatic heterocycles. The Bertz CT molecular complexity index is 587. The molecule has 0 aliphatic carbocycles. The molecule has 2 fully saturated rings. The van der Waals surface area contributed by atoms with Crippen molar-refractivity contribution >= 4 is 23.2 Å². The fourth-order valence-corrected chi connectivity index (χ4v) is 4.38. The van der Waals surface area contributed by atoms with Crippen LogP contribution in [0.3, 0.4) is 0 Å². The first-order chi connectivity index (χ1) is 10.9. The molecule has 126 valence electrons. The molecule has 1 spiro atoms. The summed E-state index contributed by atoms with van der Waals surface area (Å²) in [7, 11) is 3.53. The van der Waals surface area contributed by atoms with E-state index in [-0.39, 0.29) is 29.4 Å². The molecule has 3 atom stereocenters. The third-order valence-electron chi connectivity index (χ3n) is 5.14. The van der Waals surface area contributed by atoms with E-state index in [1.54, 1.807) is 19.0 Å². The van der Waals surface area contributed by atoms with Crippen molar-refractivity contribution in [2.75, 3.05) is 27.2 Å². The van der Waals surface area contributed by atoms with Gasteiger partial charge in [0.1, 0.15) is 6.10 Å². The van der Waals surface area contributed by atoms with Crippen LogP contribution in [0, 0.1) is 5.92 Å². The number of thiophene rings is 1. The summed E-state index contributed by atoms with van der Waals surface area (Å²) in [5.41, 5.74) is -0.247. The lowest BCUT2D eigenvalue weighted by atomic mass is 9.80. The summed E-state index contributed by atoms with van der Waals surface area (Å²) < 4.78 is 6.22. The topological polar surface area (TPSA) is 49.9 Å². The lowest BCUT2D eigenvalue weighted by Crippen LogP contribution is -2.53. The summed E-state index contributed by atoms with van der Waals surface area (Å²) in [5.74, 6) is 0.395. The van der Waals surface area contributed by atoms with Crippen LogP contribution in [0.2, 0.25) is 0 Å². The van der Waals surface area contributed by atoms with Crippen LogP contribution in [-0.2, 0) is 9.53 Å². The summed E-state index contributed by atoms with van der Waals surface area (Å²) in [6.45, 7) is 3.53. The minimum absolute atomic E-state index is 0.0474. The van der Waals surface area contributed by atoms with Gasteiger partial charge in [0.05, 0.1) is 10.5 Å². The lowest BCUT2D eigenvalue weighted by molar-refractivity contribution is -0.153. The molecule has 3 rings (SSSR count). The average Bonchev–Trinajstić information content (AvgIpc) is 3.19. The highest BCUT2D eigenvalue weighted by molar-refractivity contribution is 7.12. The molecule has 0 N–H and O–H groups in total. The Labute approximate surface area is 141 Å². The Kier molecular flexibility index (Phi) is 4.47. The number of likely N-dealkylation sites (N-methyl/N-ethyl adjacent to an activating group) is 1. The van der Waals surface area contributed by atoms with E-state index in [1.165, 1.54) is 11.3 Å². The first-order valence-electron chi connectivity index (χ1n) is 8.15. The highest BCUT2D eigenvalue weighted by atomic mass is 32.1.